The summed E-state index contributed by atoms with van der Waals surface area (Å²) in [5.74, 6) is 0.00103. The van der Waals surface area contributed by atoms with Crippen molar-refractivity contribution in [2.24, 2.45) is 0 Å². The highest BCUT2D eigenvalue weighted by Gasteiger charge is 2.33. The van der Waals surface area contributed by atoms with Gasteiger partial charge < -0.3 is 15.0 Å². The van der Waals surface area contributed by atoms with Gasteiger partial charge in [-0.1, -0.05) is 0 Å². The quantitative estimate of drug-likeness (QED) is 0.731. The van der Waals surface area contributed by atoms with E-state index < -0.39 is 0 Å². The fourth-order valence-corrected chi connectivity index (χ4v) is 2.25. The number of likely N-dealkylation sites (N-methyl/N-ethyl adjacent to an activating group) is 1. The fourth-order valence-electron chi connectivity index (χ4n) is 2.25. The summed E-state index contributed by atoms with van der Waals surface area (Å²) in [5, 5.41) is 2.86. The van der Waals surface area contributed by atoms with Gasteiger partial charge in [-0.2, -0.15) is 0 Å². The maximum atomic E-state index is 11.8. The average molecular weight is 226 g/mol. The van der Waals surface area contributed by atoms with Gasteiger partial charge in [0, 0.05) is 26.6 Å². The molecule has 0 aliphatic carbocycles. The molecule has 2 aliphatic heterocycles. The van der Waals surface area contributed by atoms with Crippen molar-refractivity contribution in [2.75, 3.05) is 20.2 Å². The van der Waals surface area contributed by atoms with Gasteiger partial charge in [0.05, 0.1) is 6.10 Å². The lowest BCUT2D eigenvalue weighted by molar-refractivity contribution is -0.134. The molecule has 5 heteroatoms. The van der Waals surface area contributed by atoms with E-state index in [-0.39, 0.29) is 24.0 Å². The molecule has 90 valence electrons. The van der Waals surface area contributed by atoms with Crippen LogP contribution < -0.4 is 5.32 Å². The number of nitrogens with zero attached hydrogens (tertiary/aromatic N) is 1. The van der Waals surface area contributed by atoms with Crippen LogP contribution in [0.3, 0.4) is 0 Å². The van der Waals surface area contributed by atoms with Crippen LogP contribution in [0.2, 0.25) is 0 Å². The van der Waals surface area contributed by atoms with E-state index in [4.69, 9.17) is 4.74 Å². The molecular weight excluding hydrogens is 208 g/mol. The third-order valence-corrected chi connectivity index (χ3v) is 3.32. The summed E-state index contributed by atoms with van der Waals surface area (Å²) in [4.78, 5) is 24.6. The molecular formula is C11H18N2O3. The summed E-state index contributed by atoms with van der Waals surface area (Å²) in [5.41, 5.74) is 0. The minimum atomic E-state index is -0.283. The molecule has 5 nitrogen and oxygen atoms in total. The summed E-state index contributed by atoms with van der Waals surface area (Å²) < 4.78 is 5.42. The van der Waals surface area contributed by atoms with Gasteiger partial charge in [0.1, 0.15) is 6.04 Å². The highest BCUT2D eigenvalue weighted by molar-refractivity contribution is 5.90. The van der Waals surface area contributed by atoms with E-state index in [9.17, 15) is 9.59 Å². The number of likely N-dealkylation sites (tertiary alicyclic amines) is 1. The van der Waals surface area contributed by atoms with Crippen LogP contribution in [0.15, 0.2) is 0 Å². The largest absolute Gasteiger partial charge is 0.376 e. The maximum absolute atomic E-state index is 11.8. The van der Waals surface area contributed by atoms with Gasteiger partial charge >= 0.3 is 0 Å². The molecule has 0 aromatic heterocycles. The molecule has 2 heterocycles. The summed E-state index contributed by atoms with van der Waals surface area (Å²) in [6.45, 7) is 1.36. The molecule has 0 aromatic rings. The number of carbonyl (C=O) groups excluding carboxylic acids is 2. The fraction of sp³-hybridized carbons (Fsp3) is 0.818. The number of ether oxygens (including phenoxy) is 1. The van der Waals surface area contributed by atoms with Crippen LogP contribution in [-0.4, -0.2) is 49.1 Å². The second-order valence-electron chi connectivity index (χ2n) is 4.44. The van der Waals surface area contributed by atoms with Crippen LogP contribution in [0, 0.1) is 0 Å². The number of hydrogen-bond acceptors (Lipinski definition) is 3. The summed E-state index contributed by atoms with van der Waals surface area (Å²) >= 11 is 0. The van der Waals surface area contributed by atoms with Crippen LogP contribution in [0.4, 0.5) is 0 Å². The van der Waals surface area contributed by atoms with E-state index >= 15 is 0 Å². The van der Waals surface area contributed by atoms with Crippen molar-refractivity contribution in [1.82, 2.24) is 10.2 Å². The SMILES string of the molecule is CN1C(=O)CCC1C(=O)NCC1CCCO1. The summed E-state index contributed by atoms with van der Waals surface area (Å²) in [6, 6.07) is -0.283. The minimum Gasteiger partial charge on any atom is -0.376 e. The molecule has 2 fully saturated rings. The Morgan fingerprint density at radius 3 is 2.94 bits per heavy atom. The van der Waals surface area contributed by atoms with Gasteiger partial charge in [0.15, 0.2) is 0 Å². The molecule has 0 bridgehead atoms. The highest BCUT2D eigenvalue weighted by Crippen LogP contribution is 2.16. The number of rotatable bonds is 3. The first-order valence-electron chi connectivity index (χ1n) is 5.83. The monoisotopic (exact) mass is 226 g/mol. The zero-order valence-electron chi connectivity index (χ0n) is 9.57. The van der Waals surface area contributed by atoms with Crippen molar-refractivity contribution in [1.29, 1.82) is 0 Å². The van der Waals surface area contributed by atoms with E-state index in [2.05, 4.69) is 5.32 Å². The first kappa shape index (κ1) is 11.4. The zero-order chi connectivity index (χ0) is 11.5. The topological polar surface area (TPSA) is 58.6 Å². The van der Waals surface area contributed by atoms with Crippen LogP contribution in [0.5, 0.6) is 0 Å². The van der Waals surface area contributed by atoms with Gasteiger partial charge in [0.2, 0.25) is 11.8 Å². The molecule has 2 unspecified atom stereocenters. The van der Waals surface area contributed by atoms with E-state index in [0.29, 0.717) is 19.4 Å². The van der Waals surface area contributed by atoms with Gasteiger partial charge in [-0.15, -0.1) is 0 Å². The smallest absolute Gasteiger partial charge is 0.242 e. The Hall–Kier alpha value is -1.10. The van der Waals surface area contributed by atoms with E-state index in [1.807, 2.05) is 0 Å². The van der Waals surface area contributed by atoms with Crippen LogP contribution in [0.25, 0.3) is 0 Å². The number of hydrogen-bond donors (Lipinski definition) is 1. The Labute approximate surface area is 95.1 Å². The average Bonchev–Trinajstić information content (AvgIpc) is 2.88. The van der Waals surface area contributed by atoms with Gasteiger partial charge in [0.25, 0.3) is 0 Å². The van der Waals surface area contributed by atoms with Crippen molar-refractivity contribution in [3.8, 4) is 0 Å². The first-order valence-corrected chi connectivity index (χ1v) is 5.83. The standard InChI is InChI=1S/C11H18N2O3/c1-13-9(4-5-10(13)14)11(15)12-7-8-3-2-6-16-8/h8-9H,2-7H2,1H3,(H,12,15). The second kappa shape index (κ2) is 4.82. The van der Waals surface area contributed by atoms with Crippen molar-refractivity contribution in [3.63, 3.8) is 0 Å². The number of carbonyl (C=O) groups is 2. The van der Waals surface area contributed by atoms with Gasteiger partial charge in [-0.3, -0.25) is 9.59 Å². The molecule has 0 radical (unpaired) electrons. The Morgan fingerprint density at radius 1 is 1.56 bits per heavy atom. The molecule has 2 amide bonds. The zero-order valence-corrected chi connectivity index (χ0v) is 9.57. The Morgan fingerprint density at radius 2 is 2.38 bits per heavy atom. The normalized spacial score (nSPS) is 29.8. The third-order valence-electron chi connectivity index (χ3n) is 3.32. The van der Waals surface area contributed by atoms with Crippen LogP contribution >= 0.6 is 0 Å². The molecule has 2 rings (SSSR count). The second-order valence-corrected chi connectivity index (χ2v) is 4.44. The first-order chi connectivity index (χ1) is 7.68. The Kier molecular flexibility index (Phi) is 3.43. The number of amides is 2. The van der Waals surface area contributed by atoms with Gasteiger partial charge in [-0.25, -0.2) is 0 Å². The van der Waals surface area contributed by atoms with Crippen molar-refractivity contribution < 1.29 is 14.3 Å². The Balaban J connectivity index is 1.77. The third kappa shape index (κ3) is 2.35. The van der Waals surface area contributed by atoms with Gasteiger partial charge in [-0.05, 0) is 19.3 Å². The molecule has 2 aliphatic rings. The van der Waals surface area contributed by atoms with E-state index in [0.717, 1.165) is 19.4 Å². The van der Waals surface area contributed by atoms with E-state index in [1.54, 1.807) is 7.05 Å². The maximum Gasteiger partial charge on any atom is 0.242 e. The van der Waals surface area contributed by atoms with E-state index in [1.165, 1.54) is 4.90 Å². The molecule has 2 atom stereocenters. The lowest BCUT2D eigenvalue weighted by atomic mass is 10.2. The molecule has 16 heavy (non-hydrogen) atoms. The van der Waals surface area contributed by atoms with Crippen molar-refractivity contribution in [3.05, 3.63) is 0 Å². The molecule has 0 spiro atoms. The molecule has 1 N–H and O–H groups in total. The van der Waals surface area contributed by atoms with Crippen molar-refractivity contribution >= 4 is 11.8 Å². The lowest BCUT2D eigenvalue weighted by Gasteiger charge is -2.20. The Bertz CT molecular complexity index is 287. The molecule has 0 saturated carbocycles. The van der Waals surface area contributed by atoms with Crippen LogP contribution in [-0.2, 0) is 14.3 Å². The minimum absolute atomic E-state index is 0.0520. The highest BCUT2D eigenvalue weighted by atomic mass is 16.5. The summed E-state index contributed by atoms with van der Waals surface area (Å²) in [7, 11) is 1.69. The predicted molar refractivity (Wildman–Crippen MR) is 57.8 cm³/mol. The van der Waals surface area contributed by atoms with Crippen molar-refractivity contribution in [2.45, 2.75) is 37.8 Å². The summed E-state index contributed by atoms with van der Waals surface area (Å²) in [6.07, 6.45) is 3.36. The molecule has 2 saturated heterocycles. The van der Waals surface area contributed by atoms with Crippen LogP contribution in [0.1, 0.15) is 25.7 Å². The molecule has 0 aromatic carbocycles. The number of nitrogens with one attached hydrogen (secondary N) is 1. The lowest BCUT2D eigenvalue weighted by Crippen LogP contribution is -2.44. The predicted octanol–water partition coefficient (Wildman–Crippen LogP) is -0.0976.